The standard InChI is InChI=1S/C30H26N2O3S/c1-19-8-12-25(14-20(19)2)31-30-32-29(33)28(36-30)17-21-10-13-26(27(16-21)34-3)35-18-22-9-11-23-6-4-5-7-24(23)15-22/h4-17H,18H2,1-3H3,(H,31,32,33). The fourth-order valence-electron chi connectivity index (χ4n) is 3.93. The number of aliphatic imine (C=N–C) groups is 1. The van der Waals surface area contributed by atoms with Crippen molar-refractivity contribution in [1.29, 1.82) is 0 Å². The molecule has 6 heteroatoms. The molecule has 1 saturated heterocycles. The topological polar surface area (TPSA) is 59.9 Å². The zero-order valence-electron chi connectivity index (χ0n) is 20.4. The number of methoxy groups -OCH3 is 1. The average Bonchev–Trinajstić information content (AvgIpc) is 3.23. The molecule has 36 heavy (non-hydrogen) atoms. The van der Waals surface area contributed by atoms with Crippen LogP contribution < -0.4 is 14.8 Å². The van der Waals surface area contributed by atoms with Crippen LogP contribution in [-0.2, 0) is 11.4 Å². The number of ether oxygens (including phenoxy) is 2. The van der Waals surface area contributed by atoms with Gasteiger partial charge < -0.3 is 14.8 Å². The summed E-state index contributed by atoms with van der Waals surface area (Å²) in [7, 11) is 1.61. The Kier molecular flexibility index (Phi) is 6.78. The minimum Gasteiger partial charge on any atom is -0.493 e. The quantitative estimate of drug-likeness (QED) is 0.295. The molecule has 0 aliphatic carbocycles. The molecule has 0 saturated carbocycles. The van der Waals surface area contributed by atoms with Gasteiger partial charge in [0.1, 0.15) is 6.61 Å². The number of fused-ring (bicyclic) bond motifs is 1. The van der Waals surface area contributed by atoms with Crippen molar-refractivity contribution in [3.63, 3.8) is 0 Å². The van der Waals surface area contributed by atoms with Crippen LogP contribution in [0.1, 0.15) is 22.3 Å². The van der Waals surface area contributed by atoms with Crippen molar-refractivity contribution in [2.75, 3.05) is 7.11 Å². The molecule has 0 radical (unpaired) electrons. The molecular weight excluding hydrogens is 468 g/mol. The highest BCUT2D eigenvalue weighted by molar-refractivity contribution is 8.18. The summed E-state index contributed by atoms with van der Waals surface area (Å²) in [4.78, 5) is 17.7. The van der Waals surface area contributed by atoms with E-state index in [1.807, 2.05) is 61.5 Å². The Morgan fingerprint density at radius 3 is 2.53 bits per heavy atom. The van der Waals surface area contributed by atoms with Gasteiger partial charge in [0.05, 0.1) is 17.7 Å². The average molecular weight is 495 g/mol. The molecule has 1 aliphatic heterocycles. The molecule has 1 heterocycles. The van der Waals surface area contributed by atoms with E-state index in [2.05, 4.69) is 47.6 Å². The molecule has 1 aliphatic rings. The van der Waals surface area contributed by atoms with E-state index >= 15 is 0 Å². The molecule has 180 valence electrons. The smallest absolute Gasteiger partial charge is 0.264 e. The van der Waals surface area contributed by atoms with Crippen molar-refractivity contribution in [2.45, 2.75) is 20.5 Å². The second kappa shape index (κ2) is 10.3. The number of nitrogens with one attached hydrogen (secondary N) is 1. The number of amidine groups is 1. The summed E-state index contributed by atoms with van der Waals surface area (Å²) in [5, 5.41) is 5.80. The number of carbonyl (C=O) groups excluding carboxylic acids is 1. The second-order valence-electron chi connectivity index (χ2n) is 8.63. The SMILES string of the molecule is COc1cc(C=C2SC(=Nc3ccc(C)c(C)c3)NC2=O)ccc1OCc1ccc2ccccc2c1. The summed E-state index contributed by atoms with van der Waals surface area (Å²) in [5.41, 5.74) is 5.11. The van der Waals surface area contributed by atoms with Crippen LogP contribution >= 0.6 is 11.8 Å². The van der Waals surface area contributed by atoms with Gasteiger partial charge in [-0.3, -0.25) is 4.79 Å². The van der Waals surface area contributed by atoms with Crippen molar-refractivity contribution in [2.24, 2.45) is 4.99 Å². The van der Waals surface area contributed by atoms with Crippen LogP contribution in [0.5, 0.6) is 11.5 Å². The fourth-order valence-corrected chi connectivity index (χ4v) is 4.77. The van der Waals surface area contributed by atoms with Gasteiger partial charge in [0.2, 0.25) is 0 Å². The summed E-state index contributed by atoms with van der Waals surface area (Å²) >= 11 is 1.32. The number of carbonyl (C=O) groups is 1. The van der Waals surface area contributed by atoms with Gasteiger partial charge in [-0.1, -0.05) is 48.5 Å². The molecule has 5 rings (SSSR count). The van der Waals surface area contributed by atoms with Gasteiger partial charge in [-0.15, -0.1) is 0 Å². The van der Waals surface area contributed by atoms with E-state index in [9.17, 15) is 4.79 Å². The van der Waals surface area contributed by atoms with E-state index in [4.69, 9.17) is 9.47 Å². The third-order valence-corrected chi connectivity index (χ3v) is 6.98. The molecule has 0 unspecified atom stereocenters. The molecule has 0 atom stereocenters. The first-order valence-electron chi connectivity index (χ1n) is 11.6. The molecule has 0 aromatic heterocycles. The lowest BCUT2D eigenvalue weighted by molar-refractivity contribution is -0.115. The summed E-state index contributed by atoms with van der Waals surface area (Å²) in [6.45, 7) is 4.54. The third-order valence-electron chi connectivity index (χ3n) is 6.07. The molecule has 0 spiro atoms. The molecule has 1 fully saturated rings. The lowest BCUT2D eigenvalue weighted by atomic mass is 10.1. The van der Waals surface area contributed by atoms with Gasteiger partial charge in [0.15, 0.2) is 16.7 Å². The van der Waals surface area contributed by atoms with Crippen LogP contribution in [0.15, 0.2) is 88.8 Å². The first-order chi connectivity index (χ1) is 17.5. The van der Waals surface area contributed by atoms with Crippen LogP contribution in [0.2, 0.25) is 0 Å². The molecule has 0 bridgehead atoms. The van der Waals surface area contributed by atoms with Crippen molar-refractivity contribution < 1.29 is 14.3 Å². The Labute approximate surface area is 214 Å². The lowest BCUT2D eigenvalue weighted by Gasteiger charge is -2.12. The lowest BCUT2D eigenvalue weighted by Crippen LogP contribution is -2.19. The first kappa shape index (κ1) is 23.7. The summed E-state index contributed by atoms with van der Waals surface area (Å²) in [5.74, 6) is 1.09. The number of hydrogen-bond donors (Lipinski definition) is 1. The van der Waals surface area contributed by atoms with Gasteiger partial charge in [-0.05, 0) is 95.0 Å². The predicted molar refractivity (Wildman–Crippen MR) is 148 cm³/mol. The monoisotopic (exact) mass is 494 g/mol. The van der Waals surface area contributed by atoms with Crippen molar-refractivity contribution in [3.8, 4) is 11.5 Å². The van der Waals surface area contributed by atoms with E-state index in [0.717, 1.165) is 22.4 Å². The molecule has 4 aromatic rings. The number of thioether (sulfide) groups is 1. The Morgan fingerprint density at radius 2 is 1.72 bits per heavy atom. The highest BCUT2D eigenvalue weighted by Crippen LogP contribution is 2.33. The predicted octanol–water partition coefficient (Wildman–Crippen LogP) is 6.94. The zero-order chi connectivity index (χ0) is 25.1. The highest BCUT2D eigenvalue weighted by atomic mass is 32.2. The normalized spacial score (nSPS) is 15.5. The molecule has 1 N–H and O–H groups in total. The van der Waals surface area contributed by atoms with E-state index in [1.165, 1.54) is 28.1 Å². The second-order valence-corrected chi connectivity index (χ2v) is 9.66. The molecule has 5 nitrogen and oxygen atoms in total. The minimum atomic E-state index is -0.168. The summed E-state index contributed by atoms with van der Waals surface area (Å²) in [6, 6.07) is 26.2. The van der Waals surface area contributed by atoms with Crippen LogP contribution in [0.25, 0.3) is 16.8 Å². The first-order valence-corrected chi connectivity index (χ1v) is 12.5. The van der Waals surface area contributed by atoms with Gasteiger partial charge in [0, 0.05) is 0 Å². The number of nitrogens with zero attached hydrogens (tertiary/aromatic N) is 1. The van der Waals surface area contributed by atoms with Crippen molar-refractivity contribution in [3.05, 3.63) is 106 Å². The van der Waals surface area contributed by atoms with E-state index in [0.29, 0.717) is 28.2 Å². The van der Waals surface area contributed by atoms with Gasteiger partial charge in [0.25, 0.3) is 5.91 Å². The maximum Gasteiger partial charge on any atom is 0.264 e. The minimum absolute atomic E-state index is 0.168. The Morgan fingerprint density at radius 1 is 0.889 bits per heavy atom. The maximum absolute atomic E-state index is 12.5. The number of amides is 1. The van der Waals surface area contributed by atoms with E-state index in [1.54, 1.807) is 7.11 Å². The molecular formula is C30H26N2O3S. The van der Waals surface area contributed by atoms with Crippen molar-refractivity contribution >= 4 is 45.4 Å². The van der Waals surface area contributed by atoms with Gasteiger partial charge in [-0.25, -0.2) is 4.99 Å². The largest absolute Gasteiger partial charge is 0.493 e. The number of benzene rings is 4. The summed E-state index contributed by atoms with van der Waals surface area (Å²) in [6.07, 6.45) is 1.83. The Bertz CT molecular complexity index is 1520. The number of rotatable bonds is 6. The van der Waals surface area contributed by atoms with Crippen LogP contribution in [-0.4, -0.2) is 18.2 Å². The van der Waals surface area contributed by atoms with E-state index < -0.39 is 0 Å². The molecule has 1 amide bonds. The Balaban J connectivity index is 1.30. The zero-order valence-corrected chi connectivity index (χ0v) is 21.2. The maximum atomic E-state index is 12.5. The van der Waals surface area contributed by atoms with Gasteiger partial charge in [-0.2, -0.15) is 0 Å². The highest BCUT2D eigenvalue weighted by Gasteiger charge is 2.24. The van der Waals surface area contributed by atoms with Crippen LogP contribution in [0.4, 0.5) is 5.69 Å². The molecule has 4 aromatic carbocycles. The number of aryl methyl sites for hydroxylation is 2. The third kappa shape index (κ3) is 5.29. The van der Waals surface area contributed by atoms with Crippen LogP contribution in [0.3, 0.4) is 0 Å². The number of hydrogen-bond acceptors (Lipinski definition) is 5. The van der Waals surface area contributed by atoms with Crippen LogP contribution in [0, 0.1) is 13.8 Å². The van der Waals surface area contributed by atoms with Gasteiger partial charge >= 0.3 is 0 Å². The van der Waals surface area contributed by atoms with Crippen molar-refractivity contribution in [1.82, 2.24) is 5.32 Å². The fraction of sp³-hybridized carbons (Fsp3) is 0.133. The summed E-state index contributed by atoms with van der Waals surface area (Å²) < 4.78 is 11.6. The van der Waals surface area contributed by atoms with E-state index in [-0.39, 0.29) is 5.91 Å². The Hall–Kier alpha value is -4.03.